The van der Waals surface area contributed by atoms with E-state index in [0.29, 0.717) is 30.7 Å². The zero-order valence-corrected chi connectivity index (χ0v) is 29.3. The first-order valence-corrected chi connectivity index (χ1v) is 17.8. The highest BCUT2D eigenvalue weighted by Gasteiger charge is 2.50. The van der Waals surface area contributed by atoms with E-state index in [2.05, 4.69) is 21.0 Å². The monoisotopic (exact) mass is 700 g/mol. The lowest BCUT2D eigenvalue weighted by Gasteiger charge is -2.45. The molecule has 0 aromatic heterocycles. The average Bonchev–Trinajstić information content (AvgIpc) is 3.06. The number of hydrogen-bond donors (Lipinski definition) is 8. The normalized spacial score (nSPS) is 32.1. The maximum Gasteiger partial charge on any atom is 0.192 e. The standard InChI is InChI=1S/C33H66NO14/c1-4-5-6-7-8-9-10-11-12-13-15-34(2,3)25(36)14-16-43-17-18-44-19-20-45-22-24-26(37)27(38)30(41)33(47-24)48-31-23(21-35)46-32(42)29(40)28(31)39/h23-33,35-42H,4-22H2,1-3H3/q+1/t23-,24-,25?,26-,27+,28-,29-,30-,31-,32-,33+/m1/s1. The SMILES string of the molecule is CCCCCCCCCCCC[N+](C)(C)C(O)CCOCCOCCOC[C@H]1O[C@@H](O[C@H]2[C@H](O)[C@@H](O)[C@H](O)O[C@@H]2CO)[C@H](O)[C@@H](O)[C@@H]1O. The van der Waals surface area contributed by atoms with Gasteiger partial charge in [-0.3, -0.25) is 0 Å². The molecule has 286 valence electrons. The summed E-state index contributed by atoms with van der Waals surface area (Å²) >= 11 is 0. The molecule has 0 aromatic rings. The van der Waals surface area contributed by atoms with Gasteiger partial charge in [-0.2, -0.15) is 0 Å². The highest BCUT2D eigenvalue weighted by Crippen LogP contribution is 2.28. The molecule has 0 saturated carbocycles. The quantitative estimate of drug-likeness (QED) is 0.0320. The van der Waals surface area contributed by atoms with E-state index < -0.39 is 74.2 Å². The Bertz CT molecular complexity index is 810. The Labute approximate surface area is 285 Å². The molecule has 8 N–H and O–H groups in total. The number of rotatable bonds is 26. The summed E-state index contributed by atoms with van der Waals surface area (Å²) in [5.41, 5.74) is 0. The van der Waals surface area contributed by atoms with Crippen molar-refractivity contribution < 1.29 is 73.8 Å². The lowest BCUT2D eigenvalue weighted by molar-refractivity contribution is -0.937. The van der Waals surface area contributed by atoms with Crippen molar-refractivity contribution >= 4 is 0 Å². The largest absolute Gasteiger partial charge is 0.394 e. The van der Waals surface area contributed by atoms with Gasteiger partial charge in [-0.1, -0.05) is 58.3 Å². The zero-order valence-electron chi connectivity index (χ0n) is 29.3. The van der Waals surface area contributed by atoms with Crippen molar-refractivity contribution in [1.82, 2.24) is 0 Å². The molecule has 0 spiro atoms. The van der Waals surface area contributed by atoms with Crippen LogP contribution in [0, 0.1) is 0 Å². The van der Waals surface area contributed by atoms with Crippen molar-refractivity contribution in [1.29, 1.82) is 0 Å². The smallest absolute Gasteiger partial charge is 0.192 e. The van der Waals surface area contributed by atoms with Crippen molar-refractivity contribution in [2.24, 2.45) is 0 Å². The molecular weight excluding hydrogens is 634 g/mol. The van der Waals surface area contributed by atoms with Crippen molar-refractivity contribution in [2.75, 3.05) is 66.9 Å². The molecule has 48 heavy (non-hydrogen) atoms. The van der Waals surface area contributed by atoms with Gasteiger partial charge < -0.3 is 73.8 Å². The van der Waals surface area contributed by atoms with Crippen LogP contribution in [-0.4, -0.2) is 180 Å². The summed E-state index contributed by atoms with van der Waals surface area (Å²) in [4.78, 5) is 0. The zero-order chi connectivity index (χ0) is 35.5. The van der Waals surface area contributed by atoms with Crippen LogP contribution in [0.25, 0.3) is 0 Å². The van der Waals surface area contributed by atoms with E-state index in [0.717, 1.165) is 13.0 Å². The van der Waals surface area contributed by atoms with Crippen LogP contribution < -0.4 is 0 Å². The predicted octanol–water partition coefficient (Wildman–Crippen LogP) is -0.634. The first kappa shape index (κ1) is 43.6. The number of aliphatic hydroxyl groups excluding tert-OH is 8. The van der Waals surface area contributed by atoms with Gasteiger partial charge in [-0.15, -0.1) is 0 Å². The van der Waals surface area contributed by atoms with Gasteiger partial charge in [0.05, 0.1) is 66.9 Å². The molecule has 2 heterocycles. The lowest BCUT2D eigenvalue weighted by Crippen LogP contribution is -2.64. The second kappa shape index (κ2) is 23.8. The summed E-state index contributed by atoms with van der Waals surface area (Å²) in [7, 11) is 4.10. The van der Waals surface area contributed by atoms with Crippen LogP contribution in [0.2, 0.25) is 0 Å². The molecule has 0 aromatic carbocycles. The third kappa shape index (κ3) is 14.9. The van der Waals surface area contributed by atoms with Crippen LogP contribution >= 0.6 is 0 Å². The van der Waals surface area contributed by atoms with Gasteiger partial charge in [0, 0.05) is 6.42 Å². The van der Waals surface area contributed by atoms with Gasteiger partial charge in [-0.25, -0.2) is 0 Å². The summed E-state index contributed by atoms with van der Waals surface area (Å²) < 4.78 is 33.3. The van der Waals surface area contributed by atoms with E-state index in [9.17, 15) is 40.9 Å². The van der Waals surface area contributed by atoms with Crippen LogP contribution in [0.4, 0.5) is 0 Å². The molecule has 1 unspecified atom stereocenters. The molecule has 0 radical (unpaired) electrons. The molecule has 2 aliphatic heterocycles. The minimum atomic E-state index is -1.76. The summed E-state index contributed by atoms with van der Waals surface area (Å²) in [5.74, 6) is 0. The molecule has 15 nitrogen and oxygen atoms in total. The van der Waals surface area contributed by atoms with Crippen LogP contribution in [0.1, 0.15) is 77.6 Å². The molecule has 2 rings (SSSR count). The first-order chi connectivity index (χ1) is 22.9. The number of aliphatic hydroxyl groups is 8. The number of hydrogen-bond acceptors (Lipinski definition) is 14. The minimum absolute atomic E-state index is 0.131. The second-order valence-electron chi connectivity index (χ2n) is 13.6. The van der Waals surface area contributed by atoms with Crippen molar-refractivity contribution in [2.45, 2.75) is 145 Å². The van der Waals surface area contributed by atoms with Gasteiger partial charge in [-0.05, 0) is 12.8 Å². The summed E-state index contributed by atoms with van der Waals surface area (Å²) in [6.07, 6.45) is -2.64. The molecule has 2 saturated heterocycles. The number of ether oxygens (including phenoxy) is 6. The number of nitrogens with zero attached hydrogens (tertiary/aromatic N) is 1. The fourth-order valence-corrected chi connectivity index (χ4v) is 5.89. The van der Waals surface area contributed by atoms with E-state index in [1.165, 1.54) is 57.8 Å². The summed E-state index contributed by atoms with van der Waals surface area (Å²) in [6.45, 7) is 3.72. The van der Waals surface area contributed by atoms with Gasteiger partial charge in [0.1, 0.15) is 48.8 Å². The minimum Gasteiger partial charge on any atom is -0.394 e. The summed E-state index contributed by atoms with van der Waals surface area (Å²) in [5, 5.41) is 81.1. The lowest BCUT2D eigenvalue weighted by atomic mass is 9.97. The predicted molar refractivity (Wildman–Crippen MR) is 173 cm³/mol. The van der Waals surface area contributed by atoms with Gasteiger partial charge >= 0.3 is 0 Å². The van der Waals surface area contributed by atoms with E-state index in [1.807, 2.05) is 0 Å². The molecular formula is C33H66NO14+. The average molecular weight is 701 g/mol. The Hall–Kier alpha value is -0.600. The fraction of sp³-hybridized carbons (Fsp3) is 1.00. The van der Waals surface area contributed by atoms with Crippen LogP contribution in [-0.2, 0) is 28.4 Å². The van der Waals surface area contributed by atoms with Gasteiger partial charge in [0.15, 0.2) is 18.8 Å². The maximum atomic E-state index is 10.7. The third-order valence-electron chi connectivity index (χ3n) is 9.24. The Morgan fingerprint density at radius 1 is 0.625 bits per heavy atom. The molecule has 15 heteroatoms. The number of quaternary nitrogens is 1. The molecule has 11 atom stereocenters. The van der Waals surface area contributed by atoms with Crippen LogP contribution in [0.15, 0.2) is 0 Å². The van der Waals surface area contributed by atoms with E-state index in [-0.39, 0.29) is 19.8 Å². The first-order valence-electron chi connectivity index (χ1n) is 17.8. The highest BCUT2D eigenvalue weighted by molar-refractivity contribution is 4.93. The molecule has 0 amide bonds. The van der Waals surface area contributed by atoms with Gasteiger partial charge in [0.2, 0.25) is 0 Å². The fourth-order valence-electron chi connectivity index (χ4n) is 5.89. The van der Waals surface area contributed by atoms with E-state index >= 15 is 0 Å². The molecule has 2 fully saturated rings. The van der Waals surface area contributed by atoms with E-state index in [1.54, 1.807) is 0 Å². The Kier molecular flexibility index (Phi) is 21.6. The number of unbranched alkanes of at least 4 members (excludes halogenated alkanes) is 9. The van der Waals surface area contributed by atoms with Gasteiger partial charge in [0.25, 0.3) is 0 Å². The topological polar surface area (TPSA) is 217 Å². The Balaban J connectivity index is 1.54. The highest BCUT2D eigenvalue weighted by atomic mass is 16.7. The van der Waals surface area contributed by atoms with E-state index in [4.69, 9.17) is 28.4 Å². The molecule has 0 bridgehead atoms. The van der Waals surface area contributed by atoms with Crippen molar-refractivity contribution in [3.8, 4) is 0 Å². The third-order valence-corrected chi connectivity index (χ3v) is 9.24. The second-order valence-corrected chi connectivity index (χ2v) is 13.6. The molecule has 0 aliphatic carbocycles. The maximum absolute atomic E-state index is 10.7. The Morgan fingerprint density at radius 2 is 1.19 bits per heavy atom. The van der Waals surface area contributed by atoms with Crippen molar-refractivity contribution in [3.63, 3.8) is 0 Å². The molecule has 2 aliphatic rings. The van der Waals surface area contributed by atoms with Crippen LogP contribution in [0.5, 0.6) is 0 Å². The summed E-state index contributed by atoms with van der Waals surface area (Å²) in [6, 6.07) is 0. The Morgan fingerprint density at radius 3 is 1.79 bits per heavy atom. The van der Waals surface area contributed by atoms with Crippen molar-refractivity contribution in [3.05, 3.63) is 0 Å². The van der Waals surface area contributed by atoms with Crippen LogP contribution in [0.3, 0.4) is 0 Å².